The molecule has 23 heavy (non-hydrogen) atoms. The molecule has 1 N–H and O–H groups in total. The van der Waals surface area contributed by atoms with E-state index in [-0.39, 0.29) is 0 Å². The summed E-state index contributed by atoms with van der Waals surface area (Å²) < 4.78 is 2.04. The minimum Gasteiger partial charge on any atom is -0.345 e. The van der Waals surface area contributed by atoms with Crippen molar-refractivity contribution in [3.8, 4) is 0 Å². The van der Waals surface area contributed by atoms with Crippen molar-refractivity contribution in [2.24, 2.45) is 5.92 Å². The lowest BCUT2D eigenvalue weighted by atomic mass is 9.97. The van der Waals surface area contributed by atoms with Gasteiger partial charge >= 0.3 is 0 Å². The van der Waals surface area contributed by atoms with Gasteiger partial charge in [-0.2, -0.15) is 0 Å². The highest BCUT2D eigenvalue weighted by atomic mass is 15.4. The number of unbranched alkanes of at least 4 members (excludes halogenated alkanes) is 1. The van der Waals surface area contributed by atoms with Gasteiger partial charge < -0.3 is 4.98 Å². The Morgan fingerprint density at radius 3 is 2.83 bits per heavy atom. The third-order valence-electron chi connectivity index (χ3n) is 4.65. The number of imidazole rings is 1. The van der Waals surface area contributed by atoms with Gasteiger partial charge in [-0.3, -0.25) is 9.58 Å². The normalized spacial score (nSPS) is 17.0. The van der Waals surface area contributed by atoms with E-state index >= 15 is 0 Å². The zero-order valence-electron chi connectivity index (χ0n) is 14.3. The Morgan fingerprint density at radius 1 is 1.30 bits per heavy atom. The van der Waals surface area contributed by atoms with E-state index in [2.05, 4.69) is 45.2 Å². The van der Waals surface area contributed by atoms with Crippen LogP contribution in [0.3, 0.4) is 0 Å². The molecule has 0 amide bonds. The molecule has 3 rings (SSSR count). The smallest absolute Gasteiger partial charge is 0.120 e. The third-order valence-corrected chi connectivity index (χ3v) is 4.65. The van der Waals surface area contributed by atoms with Gasteiger partial charge in [-0.25, -0.2) is 4.98 Å². The summed E-state index contributed by atoms with van der Waals surface area (Å²) in [6, 6.07) is 0. The van der Waals surface area contributed by atoms with Crippen LogP contribution < -0.4 is 0 Å². The average Bonchev–Trinajstić information content (AvgIpc) is 3.16. The van der Waals surface area contributed by atoms with Crippen LogP contribution >= 0.6 is 0 Å². The second kappa shape index (κ2) is 7.73. The maximum atomic E-state index is 4.40. The Morgan fingerprint density at radius 2 is 2.13 bits per heavy atom. The molecule has 0 bridgehead atoms. The number of nitrogens with zero attached hydrogens (tertiary/aromatic N) is 5. The lowest BCUT2D eigenvalue weighted by Gasteiger charge is -2.31. The van der Waals surface area contributed by atoms with Gasteiger partial charge in [0.1, 0.15) is 5.82 Å². The van der Waals surface area contributed by atoms with Crippen LogP contribution in [0.1, 0.15) is 49.8 Å². The first-order chi connectivity index (χ1) is 11.2. The summed E-state index contributed by atoms with van der Waals surface area (Å²) in [7, 11) is 0. The summed E-state index contributed by atoms with van der Waals surface area (Å²) in [6.07, 6.45) is 9.95. The summed E-state index contributed by atoms with van der Waals surface area (Å²) >= 11 is 0. The van der Waals surface area contributed by atoms with Crippen LogP contribution in [0.5, 0.6) is 0 Å². The largest absolute Gasteiger partial charge is 0.345 e. The van der Waals surface area contributed by atoms with Crippen molar-refractivity contribution in [2.45, 2.75) is 59.0 Å². The van der Waals surface area contributed by atoms with Gasteiger partial charge in [0.25, 0.3) is 0 Å². The molecule has 0 radical (unpaired) electrons. The summed E-state index contributed by atoms with van der Waals surface area (Å²) in [5.74, 6) is 1.79. The average molecular weight is 316 g/mol. The standard InChI is InChI=1S/C17H28N6/c1-3-4-5-16-12-23(21-20-16)11-15-6-8-22(9-7-15)13-17-18-10-14(2)19-17/h10,12,15H,3-9,11,13H2,1-2H3,(H,18,19). The van der Waals surface area contributed by atoms with E-state index in [1.807, 2.05) is 10.9 Å². The molecule has 6 nitrogen and oxygen atoms in total. The van der Waals surface area contributed by atoms with Crippen LogP contribution in [-0.2, 0) is 19.5 Å². The number of hydrogen-bond acceptors (Lipinski definition) is 4. The molecule has 0 aromatic carbocycles. The lowest BCUT2D eigenvalue weighted by Crippen LogP contribution is -2.34. The van der Waals surface area contributed by atoms with Crippen LogP contribution in [0, 0.1) is 12.8 Å². The van der Waals surface area contributed by atoms with Crippen molar-refractivity contribution in [1.29, 1.82) is 0 Å². The van der Waals surface area contributed by atoms with Crippen LogP contribution in [0.25, 0.3) is 0 Å². The second-order valence-electron chi connectivity index (χ2n) is 6.77. The van der Waals surface area contributed by atoms with Gasteiger partial charge in [0.2, 0.25) is 0 Å². The summed E-state index contributed by atoms with van der Waals surface area (Å²) in [4.78, 5) is 10.2. The quantitative estimate of drug-likeness (QED) is 0.853. The maximum absolute atomic E-state index is 4.40. The maximum Gasteiger partial charge on any atom is 0.120 e. The fraction of sp³-hybridized carbons (Fsp3) is 0.706. The number of aryl methyl sites for hydroxylation is 2. The zero-order chi connectivity index (χ0) is 16.1. The summed E-state index contributed by atoms with van der Waals surface area (Å²) in [6.45, 7) is 8.49. The summed E-state index contributed by atoms with van der Waals surface area (Å²) in [5.41, 5.74) is 2.28. The van der Waals surface area contributed by atoms with Crippen LogP contribution in [0.2, 0.25) is 0 Å². The molecule has 0 spiro atoms. The topological polar surface area (TPSA) is 62.6 Å². The van der Waals surface area contributed by atoms with Gasteiger partial charge in [0, 0.05) is 24.6 Å². The Hall–Kier alpha value is -1.69. The Kier molecular flexibility index (Phi) is 5.43. The van der Waals surface area contributed by atoms with E-state index < -0.39 is 0 Å². The number of H-pyrrole nitrogens is 1. The van der Waals surface area contributed by atoms with Crippen molar-refractivity contribution in [2.75, 3.05) is 13.1 Å². The number of piperidine rings is 1. The summed E-state index contributed by atoms with van der Waals surface area (Å²) in [5, 5.41) is 8.57. The molecule has 3 heterocycles. The SMILES string of the molecule is CCCCc1cn(CC2CCN(Cc3ncc(C)[nH]3)CC2)nn1. The molecular weight excluding hydrogens is 288 g/mol. The molecule has 0 unspecified atom stereocenters. The van der Waals surface area contributed by atoms with Crippen molar-refractivity contribution in [3.63, 3.8) is 0 Å². The number of aromatic amines is 1. The molecule has 1 aliphatic rings. The zero-order valence-corrected chi connectivity index (χ0v) is 14.3. The monoisotopic (exact) mass is 316 g/mol. The lowest BCUT2D eigenvalue weighted by molar-refractivity contribution is 0.161. The van der Waals surface area contributed by atoms with E-state index in [0.717, 1.165) is 49.8 Å². The first kappa shape index (κ1) is 16.2. The minimum atomic E-state index is 0.713. The number of nitrogens with one attached hydrogen (secondary N) is 1. The Balaban J connectivity index is 1.42. The molecule has 6 heteroatoms. The minimum absolute atomic E-state index is 0.713. The molecule has 1 aliphatic heterocycles. The first-order valence-corrected chi connectivity index (χ1v) is 8.84. The molecular formula is C17H28N6. The predicted molar refractivity (Wildman–Crippen MR) is 90.0 cm³/mol. The first-order valence-electron chi connectivity index (χ1n) is 8.84. The van der Waals surface area contributed by atoms with Crippen LogP contribution in [-0.4, -0.2) is 43.0 Å². The van der Waals surface area contributed by atoms with E-state index in [4.69, 9.17) is 0 Å². The van der Waals surface area contributed by atoms with Crippen molar-refractivity contribution >= 4 is 0 Å². The van der Waals surface area contributed by atoms with Crippen molar-refractivity contribution in [3.05, 3.63) is 29.6 Å². The van der Waals surface area contributed by atoms with Gasteiger partial charge in [-0.05, 0) is 51.6 Å². The molecule has 2 aromatic heterocycles. The molecule has 0 atom stereocenters. The van der Waals surface area contributed by atoms with Crippen molar-refractivity contribution in [1.82, 2.24) is 29.9 Å². The second-order valence-corrected chi connectivity index (χ2v) is 6.77. The van der Waals surface area contributed by atoms with Gasteiger partial charge in [0.15, 0.2) is 0 Å². The highest BCUT2D eigenvalue weighted by molar-refractivity contribution is 4.98. The molecule has 1 saturated heterocycles. The van der Waals surface area contributed by atoms with Gasteiger partial charge in [-0.15, -0.1) is 5.10 Å². The molecule has 126 valence electrons. The fourth-order valence-electron chi connectivity index (χ4n) is 3.25. The predicted octanol–water partition coefficient (Wildman–Crippen LogP) is 2.56. The van der Waals surface area contributed by atoms with Crippen LogP contribution in [0.4, 0.5) is 0 Å². The molecule has 0 saturated carbocycles. The molecule has 0 aliphatic carbocycles. The van der Waals surface area contributed by atoms with Gasteiger partial charge in [0.05, 0.1) is 12.2 Å². The highest BCUT2D eigenvalue weighted by Gasteiger charge is 2.20. The van der Waals surface area contributed by atoms with Crippen molar-refractivity contribution < 1.29 is 0 Å². The molecule has 1 fully saturated rings. The number of rotatable bonds is 7. The number of likely N-dealkylation sites (tertiary alicyclic amines) is 1. The van der Waals surface area contributed by atoms with E-state index in [1.54, 1.807) is 0 Å². The van der Waals surface area contributed by atoms with E-state index in [0.29, 0.717) is 5.92 Å². The third kappa shape index (κ3) is 4.64. The highest BCUT2D eigenvalue weighted by Crippen LogP contribution is 2.20. The number of aromatic nitrogens is 5. The van der Waals surface area contributed by atoms with E-state index in [1.165, 1.54) is 25.7 Å². The fourth-order valence-corrected chi connectivity index (χ4v) is 3.25. The molecule has 2 aromatic rings. The Bertz CT molecular complexity index is 594. The van der Waals surface area contributed by atoms with Gasteiger partial charge in [-0.1, -0.05) is 18.6 Å². The van der Waals surface area contributed by atoms with E-state index in [9.17, 15) is 0 Å². The van der Waals surface area contributed by atoms with Crippen LogP contribution in [0.15, 0.2) is 12.4 Å². The number of hydrogen-bond donors (Lipinski definition) is 1. The Labute approximate surface area is 138 Å².